The molecule has 0 saturated heterocycles. The van der Waals surface area contributed by atoms with Gasteiger partial charge in [-0.05, 0) is 74.8 Å². The summed E-state index contributed by atoms with van der Waals surface area (Å²) >= 11 is 2.95. The van der Waals surface area contributed by atoms with Gasteiger partial charge in [0.15, 0.2) is 4.80 Å². The van der Waals surface area contributed by atoms with Crippen LogP contribution in [-0.2, 0) is 9.53 Å². The molecule has 0 radical (unpaired) electrons. The summed E-state index contributed by atoms with van der Waals surface area (Å²) in [5.41, 5.74) is 1.71. The summed E-state index contributed by atoms with van der Waals surface area (Å²) in [5.74, 6) is 0.725. The molecule has 9 heteroatoms. The quantitative estimate of drug-likeness (QED) is 0.270. The number of aliphatic hydroxyl groups excluding tert-OH is 1. The van der Waals surface area contributed by atoms with E-state index in [1.54, 1.807) is 29.3 Å². The van der Waals surface area contributed by atoms with E-state index in [0.717, 1.165) is 41.1 Å². The van der Waals surface area contributed by atoms with Crippen molar-refractivity contribution in [2.45, 2.75) is 56.0 Å². The van der Waals surface area contributed by atoms with Crippen molar-refractivity contribution >= 4 is 35.1 Å². The van der Waals surface area contributed by atoms with Crippen LogP contribution in [0.2, 0.25) is 0 Å². The highest BCUT2D eigenvalue weighted by molar-refractivity contribution is 7.98. The summed E-state index contributed by atoms with van der Waals surface area (Å²) < 4.78 is 13.7. The summed E-state index contributed by atoms with van der Waals surface area (Å²) in [4.78, 5) is 33.3. The van der Waals surface area contributed by atoms with Gasteiger partial charge in [-0.15, -0.1) is 11.8 Å². The zero-order valence-corrected chi connectivity index (χ0v) is 23.4. The number of carbonyl (C=O) groups is 1. The van der Waals surface area contributed by atoms with Crippen molar-refractivity contribution in [1.29, 1.82) is 0 Å². The van der Waals surface area contributed by atoms with E-state index in [2.05, 4.69) is 6.08 Å². The Labute approximate surface area is 229 Å². The van der Waals surface area contributed by atoms with E-state index in [1.807, 2.05) is 49.6 Å². The summed E-state index contributed by atoms with van der Waals surface area (Å²) in [6, 6.07) is 11.0. The molecule has 2 aromatic heterocycles. The molecule has 0 spiro atoms. The van der Waals surface area contributed by atoms with Crippen LogP contribution >= 0.6 is 23.1 Å². The number of hydrogen-bond donors (Lipinski definition) is 1. The zero-order chi connectivity index (χ0) is 26.8. The van der Waals surface area contributed by atoms with E-state index in [1.165, 1.54) is 11.3 Å². The first kappa shape index (κ1) is 26.7. The first-order chi connectivity index (χ1) is 18.4. The Morgan fingerprint density at radius 3 is 2.79 bits per heavy atom. The number of esters is 1. The second kappa shape index (κ2) is 11.5. The van der Waals surface area contributed by atoms with Gasteiger partial charge in [0.1, 0.15) is 17.4 Å². The summed E-state index contributed by atoms with van der Waals surface area (Å²) in [6.45, 7) is 4.03. The van der Waals surface area contributed by atoms with Gasteiger partial charge in [-0.2, -0.15) is 0 Å². The van der Waals surface area contributed by atoms with Crippen LogP contribution in [-0.4, -0.2) is 41.2 Å². The van der Waals surface area contributed by atoms with Crippen molar-refractivity contribution in [3.8, 4) is 0 Å². The average Bonchev–Trinajstić information content (AvgIpc) is 3.52. The number of fused-ring (bicyclic) bond motifs is 1. The molecule has 3 heterocycles. The van der Waals surface area contributed by atoms with Crippen LogP contribution in [0, 0.1) is 5.92 Å². The Balaban J connectivity index is 1.56. The molecule has 200 valence electrons. The SMILES string of the molecule is CCOC(=O)C1C(C)N=c2sc(=Cc3ccc(C4CCC=C(CO)C4)o3)c(=O)n2C1c1ccc(SC)cc1. The molecule has 4 unspecified atom stereocenters. The number of hydrogen-bond acceptors (Lipinski definition) is 8. The average molecular weight is 553 g/mol. The van der Waals surface area contributed by atoms with Gasteiger partial charge >= 0.3 is 5.97 Å². The van der Waals surface area contributed by atoms with Gasteiger partial charge < -0.3 is 14.3 Å². The van der Waals surface area contributed by atoms with Crippen molar-refractivity contribution < 1.29 is 19.1 Å². The Morgan fingerprint density at radius 2 is 2.08 bits per heavy atom. The molecule has 7 nitrogen and oxygen atoms in total. The fraction of sp³-hybridized carbons (Fsp3) is 0.414. The largest absolute Gasteiger partial charge is 0.466 e. The topological polar surface area (TPSA) is 94.0 Å². The highest BCUT2D eigenvalue weighted by Crippen LogP contribution is 2.34. The van der Waals surface area contributed by atoms with Gasteiger partial charge in [-0.25, -0.2) is 0 Å². The molecule has 1 N–H and O–H groups in total. The van der Waals surface area contributed by atoms with Gasteiger partial charge in [0.25, 0.3) is 5.56 Å². The number of thiazole rings is 1. The lowest BCUT2D eigenvalue weighted by molar-refractivity contribution is -0.150. The maximum absolute atomic E-state index is 13.8. The van der Waals surface area contributed by atoms with Crippen molar-refractivity contribution in [3.05, 3.63) is 84.8 Å². The minimum atomic E-state index is -0.613. The number of carbonyl (C=O) groups excluding carboxylic acids is 1. The third-order valence-electron chi connectivity index (χ3n) is 7.29. The Hall–Kier alpha value is -2.88. The number of nitrogens with zero attached hydrogens (tertiary/aromatic N) is 2. The van der Waals surface area contributed by atoms with E-state index in [4.69, 9.17) is 14.1 Å². The van der Waals surface area contributed by atoms with Crippen LogP contribution in [0.1, 0.15) is 62.2 Å². The number of aromatic nitrogens is 1. The Bertz CT molecular complexity index is 1520. The summed E-state index contributed by atoms with van der Waals surface area (Å²) in [5, 5.41) is 9.52. The standard InChI is InChI=1S/C29H32N2O5S2/c1-4-35-28(34)25-17(2)30-29-31(26(25)19-8-11-22(37-3)12-9-19)27(33)24(38-29)15-21-10-13-23(36-21)20-7-5-6-18(14-20)16-32/h6,8-13,15,17,20,25-26,32H,4-5,7,14,16H2,1-3H3. The third kappa shape index (κ3) is 5.19. The van der Waals surface area contributed by atoms with Gasteiger partial charge in [0.05, 0.1) is 29.8 Å². The van der Waals surface area contributed by atoms with Crippen molar-refractivity contribution in [2.24, 2.45) is 10.9 Å². The Kier molecular flexibility index (Phi) is 8.07. The van der Waals surface area contributed by atoms with Crippen molar-refractivity contribution in [2.75, 3.05) is 19.5 Å². The molecule has 4 atom stereocenters. The lowest BCUT2D eigenvalue weighted by Crippen LogP contribution is -2.47. The highest BCUT2D eigenvalue weighted by Gasteiger charge is 2.41. The van der Waals surface area contributed by atoms with Gasteiger partial charge in [0.2, 0.25) is 0 Å². The lowest BCUT2D eigenvalue weighted by Gasteiger charge is -2.32. The van der Waals surface area contributed by atoms with E-state index < -0.39 is 12.0 Å². The lowest BCUT2D eigenvalue weighted by atomic mass is 9.86. The minimum absolute atomic E-state index is 0.0730. The molecule has 5 rings (SSSR count). The molecular formula is C29H32N2O5S2. The molecule has 0 fully saturated rings. The molecule has 0 amide bonds. The maximum Gasteiger partial charge on any atom is 0.313 e. The summed E-state index contributed by atoms with van der Waals surface area (Å²) in [7, 11) is 0. The first-order valence-corrected chi connectivity index (χ1v) is 15.0. The third-order valence-corrected chi connectivity index (χ3v) is 9.03. The van der Waals surface area contributed by atoms with Crippen LogP contribution in [0.25, 0.3) is 6.08 Å². The number of allylic oxidation sites excluding steroid dienone is 1. The van der Waals surface area contributed by atoms with Crippen LogP contribution in [0.15, 0.2) is 67.1 Å². The number of thioether (sulfide) groups is 1. The van der Waals surface area contributed by atoms with Gasteiger partial charge in [0, 0.05) is 16.9 Å². The molecule has 1 aromatic carbocycles. The molecule has 2 aliphatic rings. The second-order valence-corrected chi connectivity index (χ2v) is 11.6. The fourth-order valence-corrected chi connectivity index (χ4v) is 6.86. The molecule has 1 aliphatic heterocycles. The van der Waals surface area contributed by atoms with E-state index >= 15 is 0 Å². The van der Waals surface area contributed by atoms with Crippen molar-refractivity contribution in [3.63, 3.8) is 0 Å². The highest BCUT2D eigenvalue weighted by atomic mass is 32.2. The predicted molar refractivity (Wildman–Crippen MR) is 149 cm³/mol. The zero-order valence-electron chi connectivity index (χ0n) is 21.8. The number of furan rings is 1. The van der Waals surface area contributed by atoms with Crippen molar-refractivity contribution in [1.82, 2.24) is 4.57 Å². The molecule has 0 saturated carbocycles. The molecular weight excluding hydrogens is 520 g/mol. The van der Waals surface area contributed by atoms with E-state index in [-0.39, 0.29) is 36.7 Å². The number of benzene rings is 1. The molecule has 1 aliphatic carbocycles. The maximum atomic E-state index is 13.8. The van der Waals surface area contributed by atoms with Gasteiger partial charge in [-0.1, -0.05) is 29.5 Å². The van der Waals surface area contributed by atoms with Crippen LogP contribution < -0.4 is 14.9 Å². The van der Waals surface area contributed by atoms with E-state index in [0.29, 0.717) is 15.1 Å². The number of aliphatic hydroxyl groups is 1. The molecule has 38 heavy (non-hydrogen) atoms. The smallest absolute Gasteiger partial charge is 0.313 e. The monoisotopic (exact) mass is 552 g/mol. The van der Waals surface area contributed by atoms with Gasteiger partial charge in [-0.3, -0.25) is 19.1 Å². The molecule has 0 bridgehead atoms. The predicted octanol–water partition coefficient (Wildman–Crippen LogP) is 4.03. The normalized spacial score (nSPS) is 23.5. The van der Waals surface area contributed by atoms with Crippen LogP contribution in [0.4, 0.5) is 0 Å². The number of ether oxygens (including phenoxy) is 1. The van der Waals surface area contributed by atoms with E-state index in [9.17, 15) is 14.7 Å². The fourth-order valence-electron chi connectivity index (χ4n) is 5.38. The molecule has 3 aromatic rings. The minimum Gasteiger partial charge on any atom is -0.466 e. The van der Waals surface area contributed by atoms with Crippen LogP contribution in [0.5, 0.6) is 0 Å². The number of rotatable bonds is 7. The second-order valence-electron chi connectivity index (χ2n) is 9.67. The summed E-state index contributed by atoms with van der Waals surface area (Å²) in [6.07, 6.45) is 8.54. The van der Waals surface area contributed by atoms with Crippen LogP contribution in [0.3, 0.4) is 0 Å². The Morgan fingerprint density at radius 1 is 1.29 bits per heavy atom. The first-order valence-electron chi connectivity index (χ1n) is 12.9.